The van der Waals surface area contributed by atoms with Crippen LogP contribution in [0.15, 0.2) is 53.4 Å². The third-order valence-corrected chi connectivity index (χ3v) is 7.14. The van der Waals surface area contributed by atoms with E-state index in [-0.39, 0.29) is 17.3 Å². The predicted molar refractivity (Wildman–Crippen MR) is 112 cm³/mol. The quantitative estimate of drug-likeness (QED) is 0.755. The number of hydrogen-bond acceptors (Lipinski definition) is 5. The fourth-order valence-electron chi connectivity index (χ4n) is 3.38. The van der Waals surface area contributed by atoms with E-state index in [1.807, 2.05) is 11.8 Å². The van der Waals surface area contributed by atoms with Crippen molar-refractivity contribution in [2.75, 3.05) is 38.6 Å². The molecule has 0 bridgehead atoms. The highest BCUT2D eigenvalue weighted by Crippen LogP contribution is 2.20. The van der Waals surface area contributed by atoms with Crippen LogP contribution >= 0.6 is 0 Å². The molecular formula is C21H26FN3O4S. The molecule has 1 aliphatic rings. The van der Waals surface area contributed by atoms with Crippen molar-refractivity contribution in [1.82, 2.24) is 9.21 Å². The SMILES string of the molecule is COc1ccc(NC(=O)C(C)N2CCCN(S(=O)(=O)c3ccc(F)cc3)CC2)cc1. The molecule has 1 atom stereocenters. The molecule has 0 aliphatic carbocycles. The number of carbonyl (C=O) groups is 1. The number of amides is 1. The van der Waals surface area contributed by atoms with Gasteiger partial charge in [-0.3, -0.25) is 9.69 Å². The van der Waals surface area contributed by atoms with Crippen LogP contribution in [0, 0.1) is 5.82 Å². The van der Waals surface area contributed by atoms with E-state index in [1.54, 1.807) is 31.4 Å². The summed E-state index contributed by atoms with van der Waals surface area (Å²) in [6.07, 6.45) is 0.598. The first-order chi connectivity index (χ1) is 14.3. The van der Waals surface area contributed by atoms with Crippen molar-refractivity contribution >= 4 is 21.6 Å². The standard InChI is InChI=1S/C21H26FN3O4S/c1-16(21(26)23-18-6-8-19(29-2)9-7-18)24-12-3-13-25(15-14-24)30(27,28)20-10-4-17(22)5-11-20/h4-11,16H,3,12-15H2,1-2H3,(H,23,26). The summed E-state index contributed by atoms with van der Waals surface area (Å²) < 4.78 is 45.3. The Morgan fingerprint density at radius 2 is 1.70 bits per heavy atom. The molecule has 1 N–H and O–H groups in total. The van der Waals surface area contributed by atoms with Gasteiger partial charge in [-0.2, -0.15) is 4.31 Å². The van der Waals surface area contributed by atoms with Gasteiger partial charge in [0.1, 0.15) is 11.6 Å². The van der Waals surface area contributed by atoms with Crippen molar-refractivity contribution in [3.63, 3.8) is 0 Å². The molecule has 162 valence electrons. The van der Waals surface area contributed by atoms with Crippen LogP contribution in [0.25, 0.3) is 0 Å². The number of nitrogens with zero attached hydrogens (tertiary/aromatic N) is 2. The highest BCUT2D eigenvalue weighted by molar-refractivity contribution is 7.89. The normalized spacial score (nSPS) is 17.2. The Hall–Kier alpha value is -2.49. The molecule has 30 heavy (non-hydrogen) atoms. The van der Waals surface area contributed by atoms with Crippen molar-refractivity contribution in [2.24, 2.45) is 0 Å². The fraction of sp³-hybridized carbons (Fsp3) is 0.381. The first-order valence-corrected chi connectivity index (χ1v) is 11.2. The third kappa shape index (κ3) is 5.16. The van der Waals surface area contributed by atoms with Crippen molar-refractivity contribution < 1.29 is 22.3 Å². The fourth-order valence-corrected chi connectivity index (χ4v) is 4.85. The largest absolute Gasteiger partial charge is 0.497 e. The molecule has 1 unspecified atom stereocenters. The summed E-state index contributed by atoms with van der Waals surface area (Å²) in [6.45, 7) is 3.45. The van der Waals surface area contributed by atoms with Crippen LogP contribution in [-0.2, 0) is 14.8 Å². The lowest BCUT2D eigenvalue weighted by Gasteiger charge is -2.27. The van der Waals surface area contributed by atoms with Gasteiger partial charge in [-0.25, -0.2) is 12.8 Å². The highest BCUT2D eigenvalue weighted by atomic mass is 32.2. The predicted octanol–water partition coefficient (Wildman–Crippen LogP) is 2.56. The van der Waals surface area contributed by atoms with Crippen molar-refractivity contribution in [1.29, 1.82) is 0 Å². The smallest absolute Gasteiger partial charge is 0.243 e. The van der Waals surface area contributed by atoms with Crippen LogP contribution in [0.4, 0.5) is 10.1 Å². The maximum Gasteiger partial charge on any atom is 0.243 e. The minimum Gasteiger partial charge on any atom is -0.497 e. The lowest BCUT2D eigenvalue weighted by atomic mass is 10.2. The number of methoxy groups -OCH3 is 1. The molecule has 3 rings (SSSR count). The van der Waals surface area contributed by atoms with E-state index in [2.05, 4.69) is 5.32 Å². The number of anilines is 1. The van der Waals surface area contributed by atoms with Crippen LogP contribution in [0.2, 0.25) is 0 Å². The lowest BCUT2D eigenvalue weighted by Crippen LogP contribution is -2.44. The van der Waals surface area contributed by atoms with Gasteiger partial charge < -0.3 is 10.1 Å². The van der Waals surface area contributed by atoms with E-state index in [4.69, 9.17) is 4.74 Å². The Balaban J connectivity index is 1.62. The summed E-state index contributed by atoms with van der Waals surface area (Å²) >= 11 is 0. The second-order valence-electron chi connectivity index (χ2n) is 7.14. The Labute approximate surface area is 176 Å². The summed E-state index contributed by atoms with van der Waals surface area (Å²) in [6, 6.07) is 11.5. The van der Waals surface area contributed by atoms with Crippen LogP contribution in [-0.4, -0.2) is 62.9 Å². The third-order valence-electron chi connectivity index (χ3n) is 5.23. The zero-order chi connectivity index (χ0) is 21.7. The number of benzene rings is 2. The highest BCUT2D eigenvalue weighted by Gasteiger charge is 2.30. The van der Waals surface area contributed by atoms with E-state index in [1.165, 1.54) is 16.4 Å². The van der Waals surface area contributed by atoms with E-state index in [0.29, 0.717) is 37.5 Å². The molecule has 0 radical (unpaired) electrons. The number of ether oxygens (including phenoxy) is 1. The Bertz CT molecular complexity index is 965. The number of rotatable bonds is 6. The maximum absolute atomic E-state index is 13.1. The topological polar surface area (TPSA) is 79.0 Å². The van der Waals surface area contributed by atoms with Gasteiger partial charge in [0.15, 0.2) is 0 Å². The molecule has 1 saturated heterocycles. The van der Waals surface area contributed by atoms with Gasteiger partial charge in [0.2, 0.25) is 15.9 Å². The van der Waals surface area contributed by atoms with Gasteiger partial charge >= 0.3 is 0 Å². The summed E-state index contributed by atoms with van der Waals surface area (Å²) in [5.74, 6) is 0.0683. The number of halogens is 1. The van der Waals surface area contributed by atoms with Crippen LogP contribution in [0.1, 0.15) is 13.3 Å². The van der Waals surface area contributed by atoms with Gasteiger partial charge in [0, 0.05) is 31.9 Å². The van der Waals surface area contributed by atoms with Crippen LogP contribution < -0.4 is 10.1 Å². The molecule has 0 saturated carbocycles. The Morgan fingerprint density at radius 3 is 2.33 bits per heavy atom. The minimum absolute atomic E-state index is 0.0719. The van der Waals surface area contributed by atoms with Gasteiger partial charge in [-0.05, 0) is 61.9 Å². The van der Waals surface area contributed by atoms with Gasteiger partial charge in [-0.15, -0.1) is 0 Å². The number of hydrogen-bond donors (Lipinski definition) is 1. The molecule has 9 heteroatoms. The van der Waals surface area contributed by atoms with E-state index < -0.39 is 21.9 Å². The second kappa shape index (κ2) is 9.55. The first kappa shape index (κ1) is 22.2. The summed E-state index contributed by atoms with van der Waals surface area (Å²) in [7, 11) is -2.12. The Morgan fingerprint density at radius 1 is 1.03 bits per heavy atom. The average molecular weight is 436 g/mol. The van der Waals surface area contributed by atoms with Crippen LogP contribution in [0.5, 0.6) is 5.75 Å². The molecule has 2 aromatic carbocycles. The zero-order valence-electron chi connectivity index (χ0n) is 17.0. The molecule has 1 fully saturated rings. The molecule has 1 aliphatic heterocycles. The monoisotopic (exact) mass is 435 g/mol. The summed E-state index contributed by atoms with van der Waals surface area (Å²) in [5.41, 5.74) is 0.669. The molecule has 2 aromatic rings. The lowest BCUT2D eigenvalue weighted by molar-refractivity contribution is -0.120. The van der Waals surface area contributed by atoms with E-state index in [9.17, 15) is 17.6 Å². The van der Waals surface area contributed by atoms with Crippen LogP contribution in [0.3, 0.4) is 0 Å². The van der Waals surface area contributed by atoms with Crippen molar-refractivity contribution in [2.45, 2.75) is 24.3 Å². The maximum atomic E-state index is 13.1. The number of carbonyl (C=O) groups excluding carboxylic acids is 1. The summed E-state index contributed by atoms with van der Waals surface area (Å²) in [5, 5.41) is 2.88. The van der Waals surface area contributed by atoms with Gasteiger partial charge in [-0.1, -0.05) is 0 Å². The van der Waals surface area contributed by atoms with E-state index >= 15 is 0 Å². The number of nitrogens with one attached hydrogen (secondary N) is 1. The molecule has 7 nitrogen and oxygen atoms in total. The molecule has 1 heterocycles. The molecule has 0 aromatic heterocycles. The molecule has 1 amide bonds. The Kier molecular flexibility index (Phi) is 7.06. The first-order valence-electron chi connectivity index (χ1n) is 9.76. The summed E-state index contributed by atoms with van der Waals surface area (Å²) in [4.78, 5) is 14.7. The van der Waals surface area contributed by atoms with Gasteiger partial charge in [0.05, 0.1) is 18.0 Å². The molecular weight excluding hydrogens is 409 g/mol. The second-order valence-corrected chi connectivity index (χ2v) is 9.08. The molecule has 0 spiro atoms. The van der Waals surface area contributed by atoms with Crippen molar-refractivity contribution in [3.05, 3.63) is 54.3 Å². The average Bonchev–Trinajstić information content (AvgIpc) is 3.01. The van der Waals surface area contributed by atoms with Gasteiger partial charge in [0.25, 0.3) is 0 Å². The van der Waals surface area contributed by atoms with Crippen molar-refractivity contribution in [3.8, 4) is 5.75 Å². The van der Waals surface area contributed by atoms with E-state index in [0.717, 1.165) is 12.1 Å². The minimum atomic E-state index is -3.70. The zero-order valence-corrected chi connectivity index (χ0v) is 17.9. The number of sulfonamides is 1.